The van der Waals surface area contributed by atoms with E-state index in [1.165, 1.54) is 0 Å². The first-order valence-electron chi connectivity index (χ1n) is 5.83. The number of carboxylic acid groups (broad SMARTS) is 1. The van der Waals surface area contributed by atoms with Crippen molar-refractivity contribution in [3.63, 3.8) is 0 Å². The number of hydrogen-bond donors (Lipinski definition) is 1. The summed E-state index contributed by atoms with van der Waals surface area (Å²) in [4.78, 5) is 11.4. The van der Waals surface area contributed by atoms with E-state index in [2.05, 4.69) is 0 Å². The monoisotopic (exact) mass is 228 g/mol. The van der Waals surface area contributed by atoms with Crippen LogP contribution in [0.2, 0.25) is 0 Å². The van der Waals surface area contributed by atoms with E-state index in [4.69, 9.17) is 0 Å². The Morgan fingerprint density at radius 3 is 2.39 bits per heavy atom. The van der Waals surface area contributed by atoms with E-state index in [0.717, 1.165) is 25.8 Å². The van der Waals surface area contributed by atoms with Gasteiger partial charge in [0.2, 0.25) is 0 Å². The fraction of sp³-hybridized carbons (Fsp3) is 0. The first kappa shape index (κ1) is 11.3. The number of carboxylic acids is 1. The zero-order valence-electron chi connectivity index (χ0n) is 9.97. The summed E-state index contributed by atoms with van der Waals surface area (Å²) in [6.07, 6.45) is 0. The van der Waals surface area contributed by atoms with Gasteiger partial charge in [-0.2, -0.15) is 0 Å². The summed E-state index contributed by atoms with van der Waals surface area (Å²) in [6.45, 7) is 0. The topological polar surface area (TPSA) is 37.3 Å². The molecule has 18 heavy (non-hydrogen) atoms. The van der Waals surface area contributed by atoms with Gasteiger partial charge >= 0.3 is 113 Å². The van der Waals surface area contributed by atoms with E-state index < -0.39 is 5.97 Å². The second-order valence-electron chi connectivity index (χ2n) is 4.44. The average molecular weight is 228 g/mol. The predicted molar refractivity (Wildman–Crippen MR) is 73.8 cm³/mol. The zero-order chi connectivity index (χ0) is 12.7. The molecule has 3 rings (SSSR count). The maximum absolute atomic E-state index is 11.4. The van der Waals surface area contributed by atoms with Crippen LogP contribution in [0.5, 0.6) is 0 Å². The summed E-state index contributed by atoms with van der Waals surface area (Å²) in [6, 6.07) is 15.8. The van der Waals surface area contributed by atoms with Gasteiger partial charge in [0, 0.05) is 0 Å². The SMILES string of the molecule is [Li][c]1ccc2c(ccc3ccccc32)c1C(=O)O. The molecule has 0 heterocycles. The third kappa shape index (κ3) is 1.62. The van der Waals surface area contributed by atoms with Crippen LogP contribution in [0.1, 0.15) is 10.4 Å². The van der Waals surface area contributed by atoms with Crippen LogP contribution in [0, 0.1) is 0 Å². The minimum atomic E-state index is -0.867. The number of hydrogen-bond acceptors (Lipinski definition) is 1. The van der Waals surface area contributed by atoms with Crippen molar-refractivity contribution in [1.29, 1.82) is 0 Å². The van der Waals surface area contributed by atoms with Crippen molar-refractivity contribution in [2.24, 2.45) is 0 Å². The van der Waals surface area contributed by atoms with Gasteiger partial charge in [-0.15, -0.1) is 0 Å². The average Bonchev–Trinajstić information content (AvgIpc) is 2.37. The molecule has 3 aromatic carbocycles. The van der Waals surface area contributed by atoms with Gasteiger partial charge in [-0.1, -0.05) is 0 Å². The van der Waals surface area contributed by atoms with Crippen LogP contribution in [0.25, 0.3) is 21.5 Å². The van der Waals surface area contributed by atoms with Crippen LogP contribution in [0.15, 0.2) is 48.5 Å². The van der Waals surface area contributed by atoms with Crippen molar-refractivity contribution in [2.75, 3.05) is 0 Å². The van der Waals surface area contributed by atoms with Crippen molar-refractivity contribution in [3.8, 4) is 0 Å². The molecule has 0 amide bonds. The van der Waals surface area contributed by atoms with Gasteiger partial charge in [0.25, 0.3) is 0 Å². The van der Waals surface area contributed by atoms with E-state index in [-0.39, 0.29) is 0 Å². The van der Waals surface area contributed by atoms with Crippen LogP contribution >= 0.6 is 0 Å². The molecule has 0 aromatic heterocycles. The number of fused-ring (bicyclic) bond motifs is 3. The molecule has 0 saturated heterocycles. The Bertz CT molecular complexity index is 778. The summed E-state index contributed by atoms with van der Waals surface area (Å²) in [7, 11) is 0. The second-order valence-corrected chi connectivity index (χ2v) is 4.44. The van der Waals surface area contributed by atoms with Crippen molar-refractivity contribution in [2.45, 2.75) is 0 Å². The molecule has 2 nitrogen and oxygen atoms in total. The molecule has 1 N–H and O–H groups in total. The van der Waals surface area contributed by atoms with Crippen molar-refractivity contribution < 1.29 is 9.90 Å². The van der Waals surface area contributed by atoms with Gasteiger partial charge in [-0.3, -0.25) is 0 Å². The third-order valence-corrected chi connectivity index (χ3v) is 3.35. The maximum atomic E-state index is 11.4. The van der Waals surface area contributed by atoms with Gasteiger partial charge < -0.3 is 0 Å². The number of aromatic carboxylic acids is 1. The number of benzene rings is 3. The summed E-state index contributed by atoms with van der Waals surface area (Å²) >= 11 is 1.83. The molecule has 0 saturated carbocycles. The van der Waals surface area contributed by atoms with Crippen LogP contribution in [0.4, 0.5) is 0 Å². The van der Waals surface area contributed by atoms with Crippen LogP contribution in [-0.4, -0.2) is 28.8 Å². The molecule has 82 valence electrons. The van der Waals surface area contributed by atoms with Gasteiger partial charge in [0.1, 0.15) is 0 Å². The summed E-state index contributed by atoms with van der Waals surface area (Å²) in [5.74, 6) is -0.867. The quantitative estimate of drug-likeness (QED) is 0.513. The normalized spacial score (nSPS) is 11.0. The van der Waals surface area contributed by atoms with Crippen LogP contribution < -0.4 is 4.24 Å². The van der Waals surface area contributed by atoms with E-state index in [1.54, 1.807) is 0 Å². The number of rotatable bonds is 1. The molecule has 0 spiro atoms. The first-order chi connectivity index (χ1) is 8.68. The summed E-state index contributed by atoms with van der Waals surface area (Å²) < 4.78 is 0.797. The molecule has 0 fully saturated rings. The predicted octanol–water partition coefficient (Wildman–Crippen LogP) is 2.49. The molecule has 3 aromatic rings. The first-order valence-corrected chi connectivity index (χ1v) is 5.83. The molecule has 3 heteroatoms. The van der Waals surface area contributed by atoms with Crippen molar-refractivity contribution in [3.05, 3.63) is 54.1 Å². The van der Waals surface area contributed by atoms with Crippen molar-refractivity contribution in [1.82, 2.24) is 0 Å². The summed E-state index contributed by atoms with van der Waals surface area (Å²) in [5, 5.41) is 13.4. The number of carbonyl (C=O) groups is 1. The molecular formula is C15H9LiO2. The van der Waals surface area contributed by atoms with E-state index in [0.29, 0.717) is 5.56 Å². The Labute approximate surface area is 113 Å². The van der Waals surface area contributed by atoms with Gasteiger partial charge in [0.15, 0.2) is 0 Å². The molecule has 0 radical (unpaired) electrons. The molecule has 0 aliphatic carbocycles. The second kappa shape index (κ2) is 4.17. The third-order valence-electron chi connectivity index (χ3n) is 3.35. The fourth-order valence-electron chi connectivity index (χ4n) is 2.48. The van der Waals surface area contributed by atoms with E-state index in [9.17, 15) is 9.90 Å². The molecular weight excluding hydrogens is 219 g/mol. The standard InChI is InChI=1S/C15H9O2.Li/c16-15(17)14-7-3-6-12-11-5-2-1-4-10(11)8-9-13(12)14;/h1-6,8-9H,(H,16,17);. The van der Waals surface area contributed by atoms with Gasteiger partial charge in [0.05, 0.1) is 0 Å². The Morgan fingerprint density at radius 1 is 0.889 bits per heavy atom. The van der Waals surface area contributed by atoms with Crippen LogP contribution in [0.3, 0.4) is 0 Å². The summed E-state index contributed by atoms with van der Waals surface area (Å²) in [5.41, 5.74) is 0.401. The Hall–Kier alpha value is -1.75. The minimum absolute atomic E-state index is 0.401. The zero-order valence-corrected chi connectivity index (χ0v) is 9.97. The molecule has 0 bridgehead atoms. The van der Waals surface area contributed by atoms with Crippen LogP contribution in [-0.2, 0) is 0 Å². The van der Waals surface area contributed by atoms with Gasteiger partial charge in [-0.05, 0) is 0 Å². The van der Waals surface area contributed by atoms with Gasteiger partial charge in [-0.25, -0.2) is 0 Å². The molecule has 0 unspecified atom stereocenters. The fourth-order valence-corrected chi connectivity index (χ4v) is 2.48. The Balaban J connectivity index is 2.55. The van der Waals surface area contributed by atoms with Crippen molar-refractivity contribution >= 4 is 49.5 Å². The van der Waals surface area contributed by atoms with E-state index >= 15 is 0 Å². The Morgan fingerprint density at radius 2 is 1.61 bits per heavy atom. The van der Waals surface area contributed by atoms with E-state index in [1.807, 2.05) is 66.2 Å². The molecule has 0 atom stereocenters. The molecule has 0 aliphatic heterocycles. The molecule has 0 aliphatic rings. The Kier molecular flexibility index (Phi) is 2.63.